The number of fused-ring (bicyclic) bond motifs is 1. The predicted molar refractivity (Wildman–Crippen MR) is 82.8 cm³/mol. The topological polar surface area (TPSA) is 55.0 Å². The molecule has 1 aliphatic rings. The van der Waals surface area contributed by atoms with Gasteiger partial charge in [-0.25, -0.2) is 9.97 Å². The van der Waals surface area contributed by atoms with E-state index in [1.165, 1.54) is 32.1 Å². The molecule has 0 spiro atoms. The van der Waals surface area contributed by atoms with Crippen LogP contribution in [0.5, 0.6) is 0 Å². The second-order valence-corrected chi connectivity index (χ2v) is 5.49. The number of nitrogens with zero attached hydrogens (tertiary/aromatic N) is 3. The van der Waals surface area contributed by atoms with Crippen LogP contribution in [0.25, 0.3) is 10.9 Å². The minimum Gasteiger partial charge on any atom is -0.352 e. The fourth-order valence-electron chi connectivity index (χ4n) is 3.21. The lowest BCUT2D eigenvalue weighted by Crippen LogP contribution is -2.40. The van der Waals surface area contributed by atoms with Gasteiger partial charge in [0.05, 0.1) is 5.52 Å². The first-order valence-corrected chi connectivity index (χ1v) is 7.56. The third kappa shape index (κ3) is 2.61. The number of anilines is 1. The molecular weight excluding hydrogens is 248 g/mol. The molecule has 0 bridgehead atoms. The van der Waals surface area contributed by atoms with Crippen LogP contribution >= 0.6 is 0 Å². The summed E-state index contributed by atoms with van der Waals surface area (Å²) in [7, 11) is 0. The molecule has 0 atom stereocenters. The summed E-state index contributed by atoms with van der Waals surface area (Å²) in [6.07, 6.45) is 8.15. The van der Waals surface area contributed by atoms with Crippen molar-refractivity contribution in [3.05, 3.63) is 30.6 Å². The summed E-state index contributed by atoms with van der Waals surface area (Å²) in [5, 5.41) is 1.13. The zero-order valence-corrected chi connectivity index (χ0v) is 11.8. The molecule has 1 saturated carbocycles. The molecule has 2 N–H and O–H groups in total. The Morgan fingerprint density at radius 3 is 2.70 bits per heavy atom. The van der Waals surface area contributed by atoms with E-state index < -0.39 is 0 Å². The van der Waals surface area contributed by atoms with Crippen LogP contribution in [0.3, 0.4) is 0 Å². The Balaban J connectivity index is 2.00. The smallest absolute Gasteiger partial charge is 0.140 e. The molecule has 0 radical (unpaired) electrons. The average molecular weight is 270 g/mol. The van der Waals surface area contributed by atoms with Crippen molar-refractivity contribution < 1.29 is 0 Å². The molecule has 4 nitrogen and oxygen atoms in total. The van der Waals surface area contributed by atoms with Crippen molar-refractivity contribution in [2.75, 3.05) is 18.0 Å². The van der Waals surface area contributed by atoms with E-state index in [1.807, 2.05) is 12.1 Å². The molecule has 0 saturated heterocycles. The number of para-hydroxylation sites is 1. The molecule has 106 valence electrons. The highest BCUT2D eigenvalue weighted by atomic mass is 15.2. The minimum absolute atomic E-state index is 0.575. The van der Waals surface area contributed by atoms with Crippen LogP contribution in [-0.4, -0.2) is 29.1 Å². The summed E-state index contributed by atoms with van der Waals surface area (Å²) in [5.74, 6) is 1.05. The van der Waals surface area contributed by atoms with E-state index in [-0.39, 0.29) is 0 Å². The van der Waals surface area contributed by atoms with Crippen molar-refractivity contribution in [1.29, 1.82) is 0 Å². The summed E-state index contributed by atoms with van der Waals surface area (Å²) in [6, 6.07) is 8.80. The molecule has 2 aromatic rings. The molecule has 4 heteroatoms. The number of rotatable bonds is 4. The molecule has 1 fully saturated rings. The van der Waals surface area contributed by atoms with Crippen molar-refractivity contribution in [3.8, 4) is 0 Å². The molecule has 0 aliphatic heterocycles. The predicted octanol–water partition coefficient (Wildman–Crippen LogP) is 2.73. The van der Waals surface area contributed by atoms with E-state index in [9.17, 15) is 0 Å². The highest BCUT2D eigenvalue weighted by molar-refractivity contribution is 5.89. The third-order valence-electron chi connectivity index (χ3n) is 4.18. The van der Waals surface area contributed by atoms with Gasteiger partial charge in [0.25, 0.3) is 0 Å². The number of nitrogens with two attached hydrogens (primary N) is 1. The largest absolute Gasteiger partial charge is 0.352 e. The molecule has 1 aromatic heterocycles. The maximum atomic E-state index is 5.83. The van der Waals surface area contributed by atoms with Crippen molar-refractivity contribution in [2.24, 2.45) is 5.73 Å². The van der Waals surface area contributed by atoms with E-state index >= 15 is 0 Å². The Morgan fingerprint density at radius 1 is 1.10 bits per heavy atom. The van der Waals surface area contributed by atoms with Gasteiger partial charge >= 0.3 is 0 Å². The first kappa shape index (κ1) is 13.3. The van der Waals surface area contributed by atoms with Gasteiger partial charge in [-0.2, -0.15) is 0 Å². The lowest BCUT2D eigenvalue weighted by atomic mass is 9.94. The van der Waals surface area contributed by atoms with Crippen LogP contribution in [0.15, 0.2) is 30.6 Å². The number of aromatic nitrogens is 2. The third-order valence-corrected chi connectivity index (χ3v) is 4.18. The Morgan fingerprint density at radius 2 is 1.90 bits per heavy atom. The first-order valence-electron chi connectivity index (χ1n) is 7.56. The molecule has 0 unspecified atom stereocenters. The molecule has 1 heterocycles. The van der Waals surface area contributed by atoms with Crippen LogP contribution < -0.4 is 10.6 Å². The van der Waals surface area contributed by atoms with Gasteiger partial charge in [-0.1, -0.05) is 31.4 Å². The second-order valence-electron chi connectivity index (χ2n) is 5.49. The maximum Gasteiger partial charge on any atom is 0.140 e. The van der Waals surface area contributed by atoms with Gasteiger partial charge in [0.2, 0.25) is 0 Å². The van der Waals surface area contributed by atoms with Gasteiger partial charge < -0.3 is 10.6 Å². The van der Waals surface area contributed by atoms with Crippen LogP contribution in [-0.2, 0) is 0 Å². The molecule has 1 aliphatic carbocycles. The molecule has 0 amide bonds. The normalized spacial score (nSPS) is 16.4. The zero-order valence-electron chi connectivity index (χ0n) is 11.8. The lowest BCUT2D eigenvalue weighted by molar-refractivity contribution is 0.414. The molecular formula is C16H22N4. The molecule has 20 heavy (non-hydrogen) atoms. The zero-order chi connectivity index (χ0) is 13.8. The number of hydrogen-bond acceptors (Lipinski definition) is 4. The van der Waals surface area contributed by atoms with Crippen molar-refractivity contribution in [1.82, 2.24) is 9.97 Å². The van der Waals surface area contributed by atoms with Crippen molar-refractivity contribution in [2.45, 2.75) is 38.1 Å². The van der Waals surface area contributed by atoms with Gasteiger partial charge in [0.15, 0.2) is 0 Å². The van der Waals surface area contributed by atoms with Gasteiger partial charge in [-0.05, 0) is 25.0 Å². The van der Waals surface area contributed by atoms with Crippen LogP contribution in [0.1, 0.15) is 32.1 Å². The number of hydrogen-bond donors (Lipinski definition) is 1. The Bertz CT molecular complexity index is 558. The van der Waals surface area contributed by atoms with E-state index in [0.717, 1.165) is 23.3 Å². The lowest BCUT2D eigenvalue weighted by Gasteiger charge is -2.35. The number of benzene rings is 1. The van der Waals surface area contributed by atoms with Gasteiger partial charge in [-0.3, -0.25) is 0 Å². The highest BCUT2D eigenvalue weighted by Gasteiger charge is 2.23. The van der Waals surface area contributed by atoms with Crippen LogP contribution in [0.2, 0.25) is 0 Å². The van der Waals surface area contributed by atoms with Gasteiger partial charge in [0.1, 0.15) is 12.1 Å². The maximum absolute atomic E-state index is 5.83. The first-order chi connectivity index (χ1) is 9.90. The quantitative estimate of drug-likeness (QED) is 0.928. The summed E-state index contributed by atoms with van der Waals surface area (Å²) < 4.78 is 0. The Hall–Kier alpha value is -1.68. The molecule has 3 rings (SSSR count). The second kappa shape index (κ2) is 6.18. The Labute approximate surface area is 120 Å². The van der Waals surface area contributed by atoms with Crippen LogP contribution in [0, 0.1) is 0 Å². The van der Waals surface area contributed by atoms with E-state index in [2.05, 4.69) is 27.0 Å². The average Bonchev–Trinajstić information content (AvgIpc) is 2.53. The highest BCUT2D eigenvalue weighted by Crippen LogP contribution is 2.29. The van der Waals surface area contributed by atoms with E-state index in [1.54, 1.807) is 6.33 Å². The SMILES string of the molecule is NCCN(c1ncnc2ccccc12)C1CCCCC1. The van der Waals surface area contributed by atoms with Crippen molar-refractivity contribution >= 4 is 16.7 Å². The summed E-state index contributed by atoms with van der Waals surface area (Å²) >= 11 is 0. The van der Waals surface area contributed by atoms with Crippen molar-refractivity contribution in [3.63, 3.8) is 0 Å². The summed E-state index contributed by atoms with van der Waals surface area (Å²) in [5.41, 5.74) is 6.84. The fourth-order valence-corrected chi connectivity index (χ4v) is 3.21. The van der Waals surface area contributed by atoms with E-state index in [0.29, 0.717) is 12.6 Å². The summed E-state index contributed by atoms with van der Waals surface area (Å²) in [6.45, 7) is 1.53. The van der Waals surface area contributed by atoms with Crippen LogP contribution in [0.4, 0.5) is 5.82 Å². The van der Waals surface area contributed by atoms with E-state index in [4.69, 9.17) is 5.73 Å². The standard InChI is InChI=1S/C16H22N4/c17-10-11-20(13-6-2-1-3-7-13)16-14-8-4-5-9-15(14)18-12-19-16/h4-5,8-9,12-13H,1-3,6-7,10-11,17H2. The van der Waals surface area contributed by atoms with Gasteiger partial charge in [0, 0.05) is 24.5 Å². The van der Waals surface area contributed by atoms with Gasteiger partial charge in [-0.15, -0.1) is 0 Å². The Kier molecular flexibility index (Phi) is 4.11. The summed E-state index contributed by atoms with van der Waals surface area (Å²) in [4.78, 5) is 11.3. The molecule has 1 aromatic carbocycles. The minimum atomic E-state index is 0.575. The monoisotopic (exact) mass is 270 g/mol. The fraction of sp³-hybridized carbons (Fsp3) is 0.500.